The third kappa shape index (κ3) is 2.21. The van der Waals surface area contributed by atoms with E-state index in [4.69, 9.17) is 5.73 Å². The van der Waals surface area contributed by atoms with Gasteiger partial charge in [-0.3, -0.25) is 4.68 Å². The van der Waals surface area contributed by atoms with Crippen LogP contribution >= 0.6 is 15.9 Å². The molecule has 2 aromatic rings. The maximum Gasteiger partial charge on any atom is 0.0823 e. The number of nitrogens with two attached hydrogens (primary N) is 1. The van der Waals surface area contributed by atoms with E-state index in [-0.39, 0.29) is 0 Å². The lowest BCUT2D eigenvalue weighted by Crippen LogP contribution is -2.00. The largest absolute Gasteiger partial charge is 0.396 e. The maximum atomic E-state index is 5.74. The number of halogens is 1. The number of nitrogen functional groups attached to an aromatic ring is 1. The first kappa shape index (κ1) is 10.2. The van der Waals surface area contributed by atoms with Gasteiger partial charge in [-0.2, -0.15) is 5.10 Å². The highest BCUT2D eigenvalue weighted by atomic mass is 79.9. The smallest absolute Gasteiger partial charge is 0.0823 e. The molecule has 0 aliphatic rings. The minimum atomic E-state index is 0.736. The molecular weight excluding hydrogens is 254 g/mol. The molecule has 0 saturated carbocycles. The molecular formula is C11H12BrN3. The molecule has 4 heteroatoms. The molecule has 2 N–H and O–H groups in total. The fourth-order valence-corrected chi connectivity index (χ4v) is 1.83. The fraction of sp³-hybridized carbons (Fsp3) is 0.182. The number of hydrogen-bond donors (Lipinski definition) is 1. The highest BCUT2D eigenvalue weighted by Crippen LogP contribution is 2.17. The molecule has 1 heterocycles. The van der Waals surface area contributed by atoms with Gasteiger partial charge in [0.2, 0.25) is 0 Å². The van der Waals surface area contributed by atoms with Crippen LogP contribution in [0.5, 0.6) is 0 Å². The van der Waals surface area contributed by atoms with Crippen molar-refractivity contribution in [3.8, 4) is 0 Å². The highest BCUT2D eigenvalue weighted by Gasteiger charge is 2.03. The van der Waals surface area contributed by atoms with Crippen LogP contribution in [0.25, 0.3) is 0 Å². The number of nitrogens with zero attached hydrogens (tertiary/aromatic N) is 2. The van der Waals surface area contributed by atoms with Crippen LogP contribution in [0.15, 0.2) is 34.9 Å². The zero-order valence-electron chi connectivity index (χ0n) is 8.44. The quantitative estimate of drug-likeness (QED) is 0.907. The Morgan fingerprint density at radius 2 is 2.13 bits per heavy atom. The Morgan fingerprint density at radius 1 is 1.40 bits per heavy atom. The Hall–Kier alpha value is -1.29. The molecule has 3 nitrogen and oxygen atoms in total. The van der Waals surface area contributed by atoms with E-state index in [1.165, 1.54) is 5.56 Å². The van der Waals surface area contributed by atoms with Crippen molar-refractivity contribution >= 4 is 21.6 Å². The summed E-state index contributed by atoms with van der Waals surface area (Å²) in [6, 6.07) is 8.10. The zero-order chi connectivity index (χ0) is 10.8. The van der Waals surface area contributed by atoms with Gasteiger partial charge >= 0.3 is 0 Å². The van der Waals surface area contributed by atoms with Crippen molar-refractivity contribution in [2.24, 2.45) is 0 Å². The van der Waals surface area contributed by atoms with E-state index in [0.717, 1.165) is 22.4 Å². The molecule has 1 aromatic heterocycles. The van der Waals surface area contributed by atoms with Crippen LogP contribution in [-0.4, -0.2) is 9.78 Å². The summed E-state index contributed by atoms with van der Waals surface area (Å²) in [6.07, 6.45) is 1.86. The Bertz CT molecular complexity index is 457. The van der Waals surface area contributed by atoms with E-state index in [9.17, 15) is 0 Å². The Kier molecular flexibility index (Phi) is 2.77. The summed E-state index contributed by atoms with van der Waals surface area (Å²) in [4.78, 5) is 0. The van der Waals surface area contributed by atoms with E-state index in [1.54, 1.807) is 0 Å². The lowest BCUT2D eigenvalue weighted by molar-refractivity contribution is 0.678. The monoisotopic (exact) mass is 265 g/mol. The van der Waals surface area contributed by atoms with Crippen LogP contribution in [0, 0.1) is 6.92 Å². The van der Waals surface area contributed by atoms with Crippen molar-refractivity contribution in [3.63, 3.8) is 0 Å². The summed E-state index contributed by atoms with van der Waals surface area (Å²) in [7, 11) is 0. The lowest BCUT2D eigenvalue weighted by Gasteiger charge is -2.03. The summed E-state index contributed by atoms with van der Waals surface area (Å²) < 4.78 is 2.95. The standard InChI is InChI=1S/C11H12BrN3/c1-8-11(13)7-15(14-8)6-9-4-2-3-5-10(9)12/h2-5,7H,6,13H2,1H3. The van der Waals surface area contributed by atoms with E-state index in [2.05, 4.69) is 27.1 Å². The summed E-state index contributed by atoms with van der Waals surface area (Å²) >= 11 is 3.51. The molecule has 0 saturated heterocycles. The molecule has 0 spiro atoms. The molecule has 0 fully saturated rings. The predicted molar refractivity (Wildman–Crippen MR) is 64.6 cm³/mol. The van der Waals surface area contributed by atoms with Gasteiger partial charge in [-0.15, -0.1) is 0 Å². The number of anilines is 1. The molecule has 1 aromatic carbocycles. The molecule has 0 aliphatic heterocycles. The van der Waals surface area contributed by atoms with Gasteiger partial charge in [-0.25, -0.2) is 0 Å². The second-order valence-electron chi connectivity index (χ2n) is 3.46. The van der Waals surface area contributed by atoms with Gasteiger partial charge in [0.05, 0.1) is 17.9 Å². The number of aryl methyl sites for hydroxylation is 1. The first-order valence-electron chi connectivity index (χ1n) is 4.70. The SMILES string of the molecule is Cc1nn(Cc2ccccc2Br)cc1N. The van der Waals surface area contributed by atoms with Gasteiger partial charge in [-0.1, -0.05) is 34.1 Å². The Labute approximate surface area is 97.0 Å². The summed E-state index contributed by atoms with van der Waals surface area (Å²) in [5.41, 5.74) is 8.55. The number of benzene rings is 1. The van der Waals surface area contributed by atoms with Gasteiger partial charge in [0, 0.05) is 10.7 Å². The van der Waals surface area contributed by atoms with Gasteiger partial charge in [0.1, 0.15) is 0 Å². The number of hydrogen-bond acceptors (Lipinski definition) is 2. The molecule has 0 unspecified atom stereocenters. The van der Waals surface area contributed by atoms with Gasteiger partial charge in [0.25, 0.3) is 0 Å². The molecule has 0 atom stereocenters. The molecule has 0 amide bonds. The molecule has 0 bridgehead atoms. The van der Waals surface area contributed by atoms with Crippen molar-refractivity contribution in [2.45, 2.75) is 13.5 Å². The average Bonchev–Trinajstić information content (AvgIpc) is 2.50. The minimum absolute atomic E-state index is 0.736. The van der Waals surface area contributed by atoms with Gasteiger partial charge in [-0.05, 0) is 18.6 Å². The summed E-state index contributed by atoms with van der Waals surface area (Å²) in [5, 5.41) is 4.32. The Morgan fingerprint density at radius 3 is 2.73 bits per heavy atom. The van der Waals surface area contributed by atoms with E-state index >= 15 is 0 Å². The van der Waals surface area contributed by atoms with Crippen LogP contribution in [0.4, 0.5) is 5.69 Å². The molecule has 15 heavy (non-hydrogen) atoms. The average molecular weight is 266 g/mol. The minimum Gasteiger partial charge on any atom is -0.396 e. The number of aromatic nitrogens is 2. The van der Waals surface area contributed by atoms with Crippen LogP contribution in [0.2, 0.25) is 0 Å². The van der Waals surface area contributed by atoms with Crippen molar-refractivity contribution in [2.75, 3.05) is 5.73 Å². The first-order chi connectivity index (χ1) is 7.16. The zero-order valence-corrected chi connectivity index (χ0v) is 10.0. The van der Waals surface area contributed by atoms with Gasteiger partial charge < -0.3 is 5.73 Å². The van der Waals surface area contributed by atoms with Crippen molar-refractivity contribution < 1.29 is 0 Å². The Balaban J connectivity index is 2.26. The lowest BCUT2D eigenvalue weighted by atomic mass is 10.2. The summed E-state index contributed by atoms with van der Waals surface area (Å²) in [5.74, 6) is 0. The van der Waals surface area contributed by atoms with Crippen molar-refractivity contribution in [1.29, 1.82) is 0 Å². The van der Waals surface area contributed by atoms with E-state index in [1.807, 2.05) is 36.0 Å². The molecule has 0 radical (unpaired) electrons. The van der Waals surface area contributed by atoms with Crippen LogP contribution in [0.1, 0.15) is 11.3 Å². The van der Waals surface area contributed by atoms with Gasteiger partial charge in [0.15, 0.2) is 0 Å². The third-order valence-electron chi connectivity index (χ3n) is 2.27. The van der Waals surface area contributed by atoms with Crippen molar-refractivity contribution in [3.05, 3.63) is 46.2 Å². The van der Waals surface area contributed by atoms with Crippen molar-refractivity contribution in [1.82, 2.24) is 9.78 Å². The molecule has 78 valence electrons. The number of rotatable bonds is 2. The third-order valence-corrected chi connectivity index (χ3v) is 3.05. The topological polar surface area (TPSA) is 43.8 Å². The normalized spacial score (nSPS) is 10.5. The summed E-state index contributed by atoms with van der Waals surface area (Å²) in [6.45, 7) is 2.64. The second kappa shape index (κ2) is 4.06. The first-order valence-corrected chi connectivity index (χ1v) is 5.49. The molecule has 0 aliphatic carbocycles. The maximum absolute atomic E-state index is 5.74. The van der Waals surface area contributed by atoms with E-state index in [0.29, 0.717) is 0 Å². The highest BCUT2D eigenvalue weighted by molar-refractivity contribution is 9.10. The predicted octanol–water partition coefficient (Wildman–Crippen LogP) is 2.58. The molecule has 2 rings (SSSR count). The fourth-order valence-electron chi connectivity index (χ4n) is 1.42. The van der Waals surface area contributed by atoms with Crippen LogP contribution in [-0.2, 0) is 6.54 Å². The van der Waals surface area contributed by atoms with Crippen LogP contribution in [0.3, 0.4) is 0 Å². The second-order valence-corrected chi connectivity index (χ2v) is 4.31. The van der Waals surface area contributed by atoms with Crippen LogP contribution < -0.4 is 5.73 Å². The van der Waals surface area contributed by atoms with E-state index < -0.39 is 0 Å².